The Hall–Kier alpha value is -1.79. The van der Waals surface area contributed by atoms with Crippen molar-refractivity contribution in [3.05, 3.63) is 28.8 Å². The summed E-state index contributed by atoms with van der Waals surface area (Å²) in [6, 6.07) is 3.64. The first-order valence-electron chi connectivity index (χ1n) is 6.63. The lowest BCUT2D eigenvalue weighted by Crippen LogP contribution is -2.59. The Bertz CT molecular complexity index is 562. The fraction of sp³-hybridized carbons (Fsp3) is 0.429. The first kappa shape index (κ1) is 15.6. The zero-order valence-corrected chi connectivity index (χ0v) is 12.7. The SMILES string of the molecule is CN(C)C(=O)C1CNCCN1C(=O)c1cc(O)ccc1Cl. The van der Waals surface area contributed by atoms with Gasteiger partial charge in [-0.05, 0) is 18.2 Å². The van der Waals surface area contributed by atoms with Crippen LogP contribution < -0.4 is 5.32 Å². The van der Waals surface area contributed by atoms with Gasteiger partial charge in [0, 0.05) is 33.7 Å². The molecule has 2 rings (SSSR count). The fourth-order valence-corrected chi connectivity index (χ4v) is 2.50. The zero-order chi connectivity index (χ0) is 15.6. The van der Waals surface area contributed by atoms with Crippen molar-refractivity contribution in [1.82, 2.24) is 15.1 Å². The van der Waals surface area contributed by atoms with Crippen LogP contribution in [-0.4, -0.2) is 66.5 Å². The lowest BCUT2D eigenvalue weighted by atomic mass is 10.1. The Morgan fingerprint density at radius 1 is 1.43 bits per heavy atom. The molecule has 1 fully saturated rings. The van der Waals surface area contributed by atoms with Crippen molar-refractivity contribution in [3.8, 4) is 5.75 Å². The largest absolute Gasteiger partial charge is 0.508 e. The highest BCUT2D eigenvalue weighted by atomic mass is 35.5. The van der Waals surface area contributed by atoms with Crippen molar-refractivity contribution >= 4 is 23.4 Å². The number of aromatic hydroxyl groups is 1. The average Bonchev–Trinajstić information content (AvgIpc) is 2.48. The van der Waals surface area contributed by atoms with Gasteiger partial charge in [-0.3, -0.25) is 9.59 Å². The maximum absolute atomic E-state index is 12.6. The summed E-state index contributed by atoms with van der Waals surface area (Å²) >= 11 is 6.03. The lowest BCUT2D eigenvalue weighted by molar-refractivity contribution is -0.134. The summed E-state index contributed by atoms with van der Waals surface area (Å²) in [6.07, 6.45) is 0. The van der Waals surface area contributed by atoms with E-state index in [1.807, 2.05) is 0 Å². The summed E-state index contributed by atoms with van der Waals surface area (Å²) in [4.78, 5) is 27.8. The normalized spacial score (nSPS) is 18.4. The van der Waals surface area contributed by atoms with Crippen LogP contribution in [0.3, 0.4) is 0 Å². The highest BCUT2D eigenvalue weighted by Crippen LogP contribution is 2.24. The number of nitrogens with one attached hydrogen (secondary N) is 1. The van der Waals surface area contributed by atoms with Crippen molar-refractivity contribution in [3.63, 3.8) is 0 Å². The van der Waals surface area contributed by atoms with E-state index < -0.39 is 6.04 Å². The van der Waals surface area contributed by atoms with Crippen LogP contribution in [-0.2, 0) is 4.79 Å². The monoisotopic (exact) mass is 311 g/mol. The van der Waals surface area contributed by atoms with Crippen LogP contribution in [0.4, 0.5) is 0 Å². The third-order valence-corrected chi connectivity index (χ3v) is 3.74. The van der Waals surface area contributed by atoms with Crippen LogP contribution in [0.1, 0.15) is 10.4 Å². The minimum absolute atomic E-state index is 0.0339. The standard InChI is InChI=1S/C14H18ClN3O3/c1-17(2)14(21)12-8-16-5-6-18(12)13(20)10-7-9(19)3-4-11(10)15/h3-4,7,12,16,19H,5-6,8H2,1-2H3. The van der Waals surface area contributed by atoms with Gasteiger partial charge >= 0.3 is 0 Å². The molecule has 6 nitrogen and oxygen atoms in total. The van der Waals surface area contributed by atoms with Gasteiger partial charge in [0.1, 0.15) is 11.8 Å². The zero-order valence-electron chi connectivity index (χ0n) is 12.0. The van der Waals surface area contributed by atoms with E-state index in [0.29, 0.717) is 19.6 Å². The third-order valence-electron chi connectivity index (χ3n) is 3.41. The highest BCUT2D eigenvalue weighted by molar-refractivity contribution is 6.34. The van der Waals surface area contributed by atoms with Crippen molar-refractivity contribution in [2.24, 2.45) is 0 Å². The van der Waals surface area contributed by atoms with E-state index in [1.54, 1.807) is 14.1 Å². The Morgan fingerprint density at radius 2 is 2.14 bits per heavy atom. The molecule has 0 saturated carbocycles. The molecule has 2 amide bonds. The van der Waals surface area contributed by atoms with Gasteiger partial charge in [0.05, 0.1) is 10.6 Å². The average molecular weight is 312 g/mol. The summed E-state index contributed by atoms with van der Waals surface area (Å²) in [6.45, 7) is 1.42. The number of hydrogen-bond donors (Lipinski definition) is 2. The van der Waals surface area contributed by atoms with E-state index >= 15 is 0 Å². The summed E-state index contributed by atoms with van der Waals surface area (Å²) in [5, 5.41) is 12.9. The number of piperazine rings is 1. The molecule has 0 spiro atoms. The van der Waals surface area contributed by atoms with Gasteiger partial charge in [0.25, 0.3) is 5.91 Å². The number of carbonyl (C=O) groups excluding carboxylic acids is 2. The van der Waals surface area contributed by atoms with E-state index in [2.05, 4.69) is 5.32 Å². The van der Waals surface area contributed by atoms with Gasteiger partial charge in [0.2, 0.25) is 5.91 Å². The number of phenols is 1. The molecule has 0 radical (unpaired) electrons. The van der Waals surface area contributed by atoms with Crippen LogP contribution in [0.5, 0.6) is 5.75 Å². The van der Waals surface area contributed by atoms with Gasteiger partial charge in [0.15, 0.2) is 0 Å². The maximum atomic E-state index is 12.6. The molecule has 1 aliphatic heterocycles. The molecule has 21 heavy (non-hydrogen) atoms. The molecule has 1 atom stereocenters. The van der Waals surface area contributed by atoms with E-state index in [0.717, 1.165) is 0 Å². The molecule has 1 aliphatic rings. The smallest absolute Gasteiger partial charge is 0.256 e. The molecule has 1 aromatic carbocycles. The van der Waals surface area contributed by atoms with E-state index in [4.69, 9.17) is 11.6 Å². The van der Waals surface area contributed by atoms with Gasteiger partial charge in [-0.15, -0.1) is 0 Å². The number of halogens is 1. The number of likely N-dealkylation sites (N-methyl/N-ethyl adjacent to an activating group) is 1. The second-order valence-corrected chi connectivity index (χ2v) is 5.52. The molecule has 2 N–H and O–H groups in total. The number of hydrogen-bond acceptors (Lipinski definition) is 4. The van der Waals surface area contributed by atoms with E-state index in [9.17, 15) is 14.7 Å². The highest BCUT2D eigenvalue weighted by Gasteiger charge is 2.34. The van der Waals surface area contributed by atoms with Crippen LogP contribution in [0.2, 0.25) is 5.02 Å². The maximum Gasteiger partial charge on any atom is 0.256 e. The minimum Gasteiger partial charge on any atom is -0.508 e. The van der Waals surface area contributed by atoms with Crippen molar-refractivity contribution in [2.45, 2.75) is 6.04 Å². The molecule has 1 unspecified atom stereocenters. The molecule has 7 heteroatoms. The predicted molar refractivity (Wildman–Crippen MR) is 79.5 cm³/mol. The molecular formula is C14H18ClN3O3. The molecule has 1 heterocycles. The van der Waals surface area contributed by atoms with Gasteiger partial charge in [-0.2, -0.15) is 0 Å². The van der Waals surface area contributed by atoms with E-state index in [-0.39, 0.29) is 28.1 Å². The molecule has 1 saturated heterocycles. The van der Waals surface area contributed by atoms with Gasteiger partial charge in [-0.25, -0.2) is 0 Å². The molecule has 0 aliphatic carbocycles. The number of nitrogens with zero attached hydrogens (tertiary/aromatic N) is 2. The third kappa shape index (κ3) is 3.28. The summed E-state index contributed by atoms with van der Waals surface area (Å²) in [5.74, 6) is -0.530. The molecule has 0 aromatic heterocycles. The van der Waals surface area contributed by atoms with Crippen LogP contribution in [0.15, 0.2) is 18.2 Å². The summed E-state index contributed by atoms with van der Waals surface area (Å²) in [7, 11) is 3.31. The Kier molecular flexibility index (Phi) is 4.69. The number of phenolic OH excluding ortho intramolecular Hbond substituents is 1. The number of amides is 2. The first-order valence-corrected chi connectivity index (χ1v) is 7.01. The van der Waals surface area contributed by atoms with Gasteiger partial charge < -0.3 is 20.2 Å². The Morgan fingerprint density at radius 3 is 2.81 bits per heavy atom. The summed E-state index contributed by atoms with van der Waals surface area (Å²) < 4.78 is 0. The van der Waals surface area contributed by atoms with Crippen molar-refractivity contribution in [2.75, 3.05) is 33.7 Å². The fourth-order valence-electron chi connectivity index (χ4n) is 2.30. The Labute approximate surface area is 128 Å². The predicted octanol–water partition coefficient (Wildman–Crippen LogP) is 0.548. The van der Waals surface area contributed by atoms with E-state index in [1.165, 1.54) is 28.0 Å². The quantitative estimate of drug-likeness (QED) is 0.836. The number of carbonyl (C=O) groups is 2. The van der Waals surface area contributed by atoms with Crippen molar-refractivity contribution < 1.29 is 14.7 Å². The number of benzene rings is 1. The topological polar surface area (TPSA) is 72.9 Å². The second kappa shape index (κ2) is 6.32. The Balaban J connectivity index is 2.30. The van der Waals surface area contributed by atoms with Crippen LogP contribution in [0.25, 0.3) is 0 Å². The first-order chi connectivity index (χ1) is 9.91. The molecular weight excluding hydrogens is 294 g/mol. The van der Waals surface area contributed by atoms with Gasteiger partial charge in [-0.1, -0.05) is 11.6 Å². The second-order valence-electron chi connectivity index (χ2n) is 5.12. The lowest BCUT2D eigenvalue weighted by Gasteiger charge is -2.36. The van der Waals surface area contributed by atoms with Crippen LogP contribution in [0, 0.1) is 0 Å². The van der Waals surface area contributed by atoms with Crippen molar-refractivity contribution in [1.29, 1.82) is 0 Å². The summed E-state index contributed by atoms with van der Waals surface area (Å²) in [5.41, 5.74) is 0.204. The molecule has 0 bridgehead atoms. The molecule has 114 valence electrons. The molecule has 1 aromatic rings. The minimum atomic E-state index is -0.570. The van der Waals surface area contributed by atoms with Crippen LogP contribution >= 0.6 is 11.6 Å². The number of rotatable bonds is 2.